The van der Waals surface area contributed by atoms with Crippen LogP contribution in [0.4, 0.5) is 16.2 Å². The third-order valence-corrected chi connectivity index (χ3v) is 3.53. The summed E-state index contributed by atoms with van der Waals surface area (Å²) in [4.78, 5) is 23.5. The number of urea groups is 1. The predicted octanol–water partition coefficient (Wildman–Crippen LogP) is 4.41. The van der Waals surface area contributed by atoms with Crippen LogP contribution in [-0.2, 0) is 4.79 Å². The van der Waals surface area contributed by atoms with Gasteiger partial charge in [-0.15, -0.1) is 0 Å². The van der Waals surface area contributed by atoms with Crippen molar-refractivity contribution in [3.8, 4) is 0 Å². The number of rotatable bonds is 4. The van der Waals surface area contributed by atoms with E-state index in [1.54, 1.807) is 36.4 Å². The first-order valence-corrected chi connectivity index (χ1v) is 7.63. The van der Waals surface area contributed by atoms with Crippen LogP contribution in [0.5, 0.6) is 0 Å². The van der Waals surface area contributed by atoms with Crippen LogP contribution in [0.1, 0.15) is 0 Å². The van der Waals surface area contributed by atoms with E-state index in [0.29, 0.717) is 26.4 Å². The normalized spacial score (nSPS) is 10.0. The Labute approximate surface area is 147 Å². The van der Waals surface area contributed by atoms with E-state index in [4.69, 9.17) is 34.8 Å². The van der Waals surface area contributed by atoms with E-state index in [0.717, 1.165) is 0 Å². The quantitative estimate of drug-likeness (QED) is 0.744. The van der Waals surface area contributed by atoms with Crippen molar-refractivity contribution in [2.24, 2.45) is 0 Å². The summed E-state index contributed by atoms with van der Waals surface area (Å²) in [6, 6.07) is 10.8. The van der Waals surface area contributed by atoms with Gasteiger partial charge in [-0.25, -0.2) is 4.79 Å². The second kappa shape index (κ2) is 8.06. The number of nitrogens with one attached hydrogen (secondary N) is 3. The average Bonchev–Trinajstić information content (AvgIpc) is 2.51. The zero-order chi connectivity index (χ0) is 16.8. The number of carbonyl (C=O) groups excluding carboxylic acids is 2. The predicted molar refractivity (Wildman–Crippen MR) is 93.6 cm³/mol. The molecule has 0 fully saturated rings. The third kappa shape index (κ3) is 5.63. The molecule has 0 saturated carbocycles. The molecule has 0 aliphatic carbocycles. The Balaban J connectivity index is 1.83. The molecule has 0 aliphatic heterocycles. The van der Waals surface area contributed by atoms with Crippen molar-refractivity contribution in [3.05, 3.63) is 57.5 Å². The van der Waals surface area contributed by atoms with Crippen LogP contribution in [-0.4, -0.2) is 18.5 Å². The van der Waals surface area contributed by atoms with Gasteiger partial charge >= 0.3 is 6.03 Å². The smallest absolute Gasteiger partial charge is 0.319 e. The Hall–Kier alpha value is -1.95. The van der Waals surface area contributed by atoms with Crippen molar-refractivity contribution in [3.63, 3.8) is 0 Å². The Morgan fingerprint density at radius 1 is 0.870 bits per heavy atom. The van der Waals surface area contributed by atoms with E-state index in [-0.39, 0.29) is 6.54 Å². The molecule has 0 unspecified atom stereocenters. The highest BCUT2D eigenvalue weighted by atomic mass is 35.5. The summed E-state index contributed by atoms with van der Waals surface area (Å²) in [5, 5.41) is 8.93. The Morgan fingerprint density at radius 2 is 1.52 bits per heavy atom. The van der Waals surface area contributed by atoms with Gasteiger partial charge in [0.1, 0.15) is 0 Å². The van der Waals surface area contributed by atoms with Crippen LogP contribution >= 0.6 is 34.8 Å². The van der Waals surface area contributed by atoms with Crippen molar-refractivity contribution in [2.75, 3.05) is 17.2 Å². The van der Waals surface area contributed by atoms with Gasteiger partial charge < -0.3 is 16.0 Å². The van der Waals surface area contributed by atoms with E-state index in [2.05, 4.69) is 16.0 Å². The summed E-state index contributed by atoms with van der Waals surface area (Å²) in [6.07, 6.45) is 0. The van der Waals surface area contributed by atoms with Crippen molar-refractivity contribution in [1.29, 1.82) is 0 Å². The lowest BCUT2D eigenvalue weighted by molar-refractivity contribution is -0.115. The van der Waals surface area contributed by atoms with Gasteiger partial charge in [0.2, 0.25) is 5.91 Å². The minimum atomic E-state index is -0.514. The fourth-order valence-electron chi connectivity index (χ4n) is 1.66. The zero-order valence-electron chi connectivity index (χ0n) is 11.7. The van der Waals surface area contributed by atoms with E-state index in [1.807, 2.05) is 0 Å². The molecule has 0 radical (unpaired) electrons. The second-order valence-corrected chi connectivity index (χ2v) is 5.77. The summed E-state index contributed by atoms with van der Waals surface area (Å²) in [5.74, 6) is -0.430. The molecule has 0 atom stereocenters. The molecule has 23 heavy (non-hydrogen) atoms. The molecule has 120 valence electrons. The van der Waals surface area contributed by atoms with Crippen LogP contribution < -0.4 is 16.0 Å². The highest BCUT2D eigenvalue weighted by Crippen LogP contribution is 2.25. The lowest BCUT2D eigenvalue weighted by Gasteiger charge is -2.09. The fourth-order valence-corrected chi connectivity index (χ4v) is 2.12. The lowest BCUT2D eigenvalue weighted by atomic mass is 10.3. The summed E-state index contributed by atoms with van der Waals surface area (Å²) in [7, 11) is 0. The molecular weight excluding hydrogens is 361 g/mol. The van der Waals surface area contributed by atoms with Gasteiger partial charge in [-0.05, 0) is 42.5 Å². The number of halogens is 3. The number of benzene rings is 2. The molecule has 8 heteroatoms. The van der Waals surface area contributed by atoms with E-state index >= 15 is 0 Å². The van der Waals surface area contributed by atoms with E-state index in [1.165, 1.54) is 6.07 Å². The molecule has 0 saturated heterocycles. The lowest BCUT2D eigenvalue weighted by Crippen LogP contribution is -2.35. The summed E-state index contributed by atoms with van der Waals surface area (Å²) < 4.78 is 0. The monoisotopic (exact) mass is 371 g/mol. The average molecular weight is 373 g/mol. The summed E-state index contributed by atoms with van der Waals surface area (Å²) in [6.45, 7) is -0.220. The minimum absolute atomic E-state index is 0.220. The van der Waals surface area contributed by atoms with Gasteiger partial charge in [0.05, 0.1) is 17.3 Å². The maximum absolute atomic E-state index is 11.8. The molecule has 2 aromatic rings. The Morgan fingerprint density at radius 3 is 2.22 bits per heavy atom. The molecule has 5 nitrogen and oxygen atoms in total. The maximum Gasteiger partial charge on any atom is 0.319 e. The number of hydrogen-bond donors (Lipinski definition) is 3. The Kier molecular flexibility index (Phi) is 6.10. The van der Waals surface area contributed by atoms with Gasteiger partial charge in [-0.1, -0.05) is 34.8 Å². The highest BCUT2D eigenvalue weighted by Gasteiger charge is 2.08. The van der Waals surface area contributed by atoms with Gasteiger partial charge in [0.15, 0.2) is 0 Å². The first kappa shape index (κ1) is 17.4. The van der Waals surface area contributed by atoms with Crippen LogP contribution in [0.2, 0.25) is 15.1 Å². The maximum atomic E-state index is 11.8. The molecular formula is C15H12Cl3N3O2. The summed E-state index contributed by atoms with van der Waals surface area (Å²) >= 11 is 17.5. The minimum Gasteiger partial charge on any atom is -0.329 e. The molecule has 2 aromatic carbocycles. The highest BCUT2D eigenvalue weighted by molar-refractivity contribution is 6.35. The first-order chi connectivity index (χ1) is 10.9. The number of carbonyl (C=O) groups is 2. The summed E-state index contributed by atoms with van der Waals surface area (Å²) in [5.41, 5.74) is 0.939. The van der Waals surface area contributed by atoms with Crippen LogP contribution in [0, 0.1) is 0 Å². The topological polar surface area (TPSA) is 70.2 Å². The molecule has 0 heterocycles. The second-order valence-electron chi connectivity index (χ2n) is 4.49. The molecule has 0 spiro atoms. The molecule has 0 bridgehead atoms. The molecule has 2 rings (SSSR count). The van der Waals surface area contributed by atoms with Gasteiger partial charge in [-0.2, -0.15) is 0 Å². The van der Waals surface area contributed by atoms with Crippen molar-refractivity contribution in [2.45, 2.75) is 0 Å². The number of anilines is 2. The van der Waals surface area contributed by atoms with Crippen molar-refractivity contribution < 1.29 is 9.59 Å². The van der Waals surface area contributed by atoms with E-state index < -0.39 is 11.9 Å². The van der Waals surface area contributed by atoms with Gasteiger partial charge in [-0.3, -0.25) is 4.79 Å². The standard InChI is InChI=1S/C15H12Cl3N3O2/c16-9-1-4-11(5-2-9)20-15(23)19-8-14(22)21-13-7-10(17)3-6-12(13)18/h1-7H,8H2,(H,21,22)(H2,19,20,23). The van der Waals surface area contributed by atoms with Crippen LogP contribution in [0.25, 0.3) is 0 Å². The van der Waals surface area contributed by atoms with Crippen LogP contribution in [0.15, 0.2) is 42.5 Å². The Bertz CT molecular complexity index is 720. The van der Waals surface area contributed by atoms with E-state index in [9.17, 15) is 9.59 Å². The SMILES string of the molecule is O=C(CNC(=O)Nc1ccc(Cl)cc1)Nc1cc(Cl)ccc1Cl. The molecule has 0 aliphatic rings. The number of amides is 3. The largest absolute Gasteiger partial charge is 0.329 e. The zero-order valence-corrected chi connectivity index (χ0v) is 14.0. The third-order valence-electron chi connectivity index (χ3n) is 2.71. The van der Waals surface area contributed by atoms with Gasteiger partial charge in [0.25, 0.3) is 0 Å². The number of hydrogen-bond acceptors (Lipinski definition) is 2. The van der Waals surface area contributed by atoms with Crippen LogP contribution in [0.3, 0.4) is 0 Å². The first-order valence-electron chi connectivity index (χ1n) is 6.49. The van der Waals surface area contributed by atoms with Crippen molar-refractivity contribution >= 4 is 58.1 Å². The molecule has 3 amide bonds. The van der Waals surface area contributed by atoms with Gasteiger partial charge in [0, 0.05) is 15.7 Å². The molecule has 3 N–H and O–H groups in total. The molecule has 0 aromatic heterocycles. The van der Waals surface area contributed by atoms with Crippen molar-refractivity contribution in [1.82, 2.24) is 5.32 Å². The fraction of sp³-hybridized carbons (Fsp3) is 0.0667.